The zero-order valence-electron chi connectivity index (χ0n) is 10.2. The molecule has 0 radical (unpaired) electrons. The second-order valence-corrected chi connectivity index (χ2v) is 8.52. The standard InChI is InChI=1S/C11H23BrO2S/c1-9(2)11(12)7-5-6-8-15(13,14)10(3)4/h9-11H,5-8H2,1-4H3. The highest BCUT2D eigenvalue weighted by molar-refractivity contribution is 9.09. The summed E-state index contributed by atoms with van der Waals surface area (Å²) in [6.45, 7) is 7.84. The van der Waals surface area contributed by atoms with Gasteiger partial charge in [-0.3, -0.25) is 0 Å². The molecular formula is C11H23BrO2S. The topological polar surface area (TPSA) is 34.1 Å². The smallest absolute Gasteiger partial charge is 0.152 e. The van der Waals surface area contributed by atoms with E-state index in [9.17, 15) is 8.42 Å². The first kappa shape index (κ1) is 15.4. The Morgan fingerprint density at radius 2 is 1.60 bits per heavy atom. The molecule has 0 aliphatic heterocycles. The third kappa shape index (κ3) is 6.56. The average molecular weight is 299 g/mol. The fourth-order valence-corrected chi connectivity index (χ4v) is 2.61. The van der Waals surface area contributed by atoms with Crippen molar-refractivity contribution < 1.29 is 8.42 Å². The van der Waals surface area contributed by atoms with Gasteiger partial charge in [-0.05, 0) is 32.6 Å². The van der Waals surface area contributed by atoms with Gasteiger partial charge in [-0.25, -0.2) is 8.42 Å². The van der Waals surface area contributed by atoms with Crippen molar-refractivity contribution >= 4 is 25.8 Å². The van der Waals surface area contributed by atoms with Crippen LogP contribution in [0.3, 0.4) is 0 Å². The lowest BCUT2D eigenvalue weighted by atomic mass is 10.1. The maximum Gasteiger partial charge on any atom is 0.152 e. The van der Waals surface area contributed by atoms with Crippen LogP contribution in [-0.2, 0) is 9.84 Å². The minimum Gasteiger partial charge on any atom is -0.229 e. The van der Waals surface area contributed by atoms with Gasteiger partial charge in [-0.15, -0.1) is 0 Å². The highest BCUT2D eigenvalue weighted by atomic mass is 79.9. The van der Waals surface area contributed by atoms with Gasteiger partial charge < -0.3 is 0 Å². The Balaban J connectivity index is 3.73. The summed E-state index contributed by atoms with van der Waals surface area (Å²) in [6.07, 6.45) is 2.83. The highest BCUT2D eigenvalue weighted by Crippen LogP contribution is 2.19. The minimum atomic E-state index is -2.83. The molecule has 1 atom stereocenters. The molecule has 2 nitrogen and oxygen atoms in total. The Kier molecular flexibility index (Phi) is 7.09. The van der Waals surface area contributed by atoms with Crippen molar-refractivity contribution in [2.24, 2.45) is 5.92 Å². The van der Waals surface area contributed by atoms with Crippen molar-refractivity contribution in [1.29, 1.82) is 0 Å². The van der Waals surface area contributed by atoms with Crippen LogP contribution in [0, 0.1) is 5.92 Å². The minimum absolute atomic E-state index is 0.234. The normalized spacial score (nSPS) is 14.9. The van der Waals surface area contributed by atoms with Gasteiger partial charge in [0.05, 0.1) is 11.0 Å². The number of sulfone groups is 1. The molecule has 0 saturated heterocycles. The monoisotopic (exact) mass is 298 g/mol. The molecule has 0 aliphatic rings. The summed E-state index contributed by atoms with van der Waals surface area (Å²) < 4.78 is 23.0. The maximum atomic E-state index is 11.5. The van der Waals surface area contributed by atoms with Crippen molar-refractivity contribution in [3.05, 3.63) is 0 Å². The van der Waals surface area contributed by atoms with Crippen LogP contribution in [-0.4, -0.2) is 24.2 Å². The van der Waals surface area contributed by atoms with E-state index in [2.05, 4.69) is 29.8 Å². The van der Waals surface area contributed by atoms with Crippen LogP contribution in [0.5, 0.6) is 0 Å². The van der Waals surface area contributed by atoms with E-state index in [0.717, 1.165) is 19.3 Å². The molecule has 0 heterocycles. The zero-order valence-corrected chi connectivity index (χ0v) is 12.6. The van der Waals surface area contributed by atoms with Gasteiger partial charge in [-0.2, -0.15) is 0 Å². The molecule has 4 heteroatoms. The molecule has 0 saturated carbocycles. The predicted octanol–water partition coefficient (Wildman–Crippen LogP) is 3.40. The van der Waals surface area contributed by atoms with Gasteiger partial charge in [0.1, 0.15) is 0 Å². The number of rotatable bonds is 7. The van der Waals surface area contributed by atoms with Gasteiger partial charge >= 0.3 is 0 Å². The number of hydrogen-bond donors (Lipinski definition) is 0. The lowest BCUT2D eigenvalue weighted by Crippen LogP contribution is -2.18. The molecule has 92 valence electrons. The third-order valence-electron chi connectivity index (χ3n) is 2.60. The van der Waals surface area contributed by atoms with E-state index in [1.54, 1.807) is 13.8 Å². The van der Waals surface area contributed by atoms with Crippen LogP contribution in [0.1, 0.15) is 47.0 Å². The van der Waals surface area contributed by atoms with Gasteiger partial charge in [0, 0.05) is 4.83 Å². The Morgan fingerprint density at radius 3 is 2.00 bits per heavy atom. The van der Waals surface area contributed by atoms with Gasteiger partial charge in [0.25, 0.3) is 0 Å². The molecule has 0 bridgehead atoms. The first-order valence-corrected chi connectivity index (χ1v) is 8.26. The summed E-state index contributed by atoms with van der Waals surface area (Å²) in [7, 11) is -2.83. The molecule has 0 aliphatic carbocycles. The van der Waals surface area contributed by atoms with Crippen molar-refractivity contribution in [3.8, 4) is 0 Å². The number of hydrogen-bond acceptors (Lipinski definition) is 2. The van der Waals surface area contributed by atoms with Crippen molar-refractivity contribution in [2.45, 2.75) is 57.0 Å². The molecule has 0 amide bonds. The Morgan fingerprint density at radius 1 is 1.07 bits per heavy atom. The number of alkyl halides is 1. The van der Waals surface area contributed by atoms with Crippen molar-refractivity contribution in [2.75, 3.05) is 5.75 Å². The van der Waals surface area contributed by atoms with Gasteiger partial charge in [0.15, 0.2) is 9.84 Å². The fourth-order valence-electron chi connectivity index (χ4n) is 1.21. The molecule has 0 fully saturated rings. The van der Waals surface area contributed by atoms with Crippen molar-refractivity contribution in [3.63, 3.8) is 0 Å². The zero-order chi connectivity index (χ0) is 12.1. The second kappa shape index (κ2) is 6.89. The summed E-state index contributed by atoms with van der Waals surface area (Å²) in [5, 5.41) is -0.234. The molecule has 0 rings (SSSR count). The highest BCUT2D eigenvalue weighted by Gasteiger charge is 2.15. The first-order valence-electron chi connectivity index (χ1n) is 5.63. The summed E-state index contributed by atoms with van der Waals surface area (Å²) in [4.78, 5) is 0.513. The van der Waals surface area contributed by atoms with E-state index in [1.807, 2.05) is 0 Å². The maximum absolute atomic E-state index is 11.5. The second-order valence-electron chi connectivity index (χ2n) is 4.67. The van der Waals surface area contributed by atoms with Crippen LogP contribution in [0.2, 0.25) is 0 Å². The average Bonchev–Trinajstić information content (AvgIpc) is 2.11. The van der Waals surface area contributed by atoms with Crippen LogP contribution in [0.25, 0.3) is 0 Å². The lowest BCUT2D eigenvalue weighted by molar-refractivity contribution is 0.551. The molecule has 0 aromatic rings. The van der Waals surface area contributed by atoms with Crippen LogP contribution >= 0.6 is 15.9 Å². The molecule has 0 N–H and O–H groups in total. The summed E-state index contributed by atoms with van der Waals surface area (Å²) >= 11 is 3.60. The summed E-state index contributed by atoms with van der Waals surface area (Å²) in [5.41, 5.74) is 0. The van der Waals surface area contributed by atoms with E-state index in [4.69, 9.17) is 0 Å². The van der Waals surface area contributed by atoms with Gasteiger partial charge in [0.2, 0.25) is 0 Å². The van der Waals surface area contributed by atoms with E-state index in [-0.39, 0.29) is 5.25 Å². The molecule has 0 aromatic carbocycles. The van der Waals surface area contributed by atoms with E-state index >= 15 is 0 Å². The van der Waals surface area contributed by atoms with Crippen molar-refractivity contribution in [1.82, 2.24) is 0 Å². The Bertz CT molecular complexity index is 258. The molecule has 1 unspecified atom stereocenters. The van der Waals surface area contributed by atoms with Crippen LogP contribution in [0.4, 0.5) is 0 Å². The molecule has 0 aromatic heterocycles. The molecule has 0 spiro atoms. The Labute approximate surface area is 103 Å². The largest absolute Gasteiger partial charge is 0.229 e. The van der Waals surface area contributed by atoms with Gasteiger partial charge in [-0.1, -0.05) is 36.2 Å². The quantitative estimate of drug-likeness (QED) is 0.533. The Hall–Kier alpha value is 0.430. The predicted molar refractivity (Wildman–Crippen MR) is 70.3 cm³/mol. The van der Waals surface area contributed by atoms with E-state index < -0.39 is 9.84 Å². The molecular weight excluding hydrogens is 276 g/mol. The fraction of sp³-hybridized carbons (Fsp3) is 1.00. The number of unbranched alkanes of at least 4 members (excludes halogenated alkanes) is 1. The summed E-state index contributed by atoms with van der Waals surface area (Å²) in [6, 6.07) is 0. The SMILES string of the molecule is CC(C)C(Br)CCCCS(=O)(=O)C(C)C. The third-order valence-corrected chi connectivity index (χ3v) is 6.41. The molecule has 15 heavy (non-hydrogen) atoms. The summed E-state index contributed by atoms with van der Waals surface area (Å²) in [5.74, 6) is 0.953. The lowest BCUT2D eigenvalue weighted by Gasteiger charge is -2.13. The number of halogens is 1. The van der Waals surface area contributed by atoms with Crippen LogP contribution < -0.4 is 0 Å². The van der Waals surface area contributed by atoms with E-state index in [1.165, 1.54) is 0 Å². The first-order chi connectivity index (χ1) is 6.77. The van der Waals surface area contributed by atoms with Crippen LogP contribution in [0.15, 0.2) is 0 Å². The van der Waals surface area contributed by atoms with E-state index in [0.29, 0.717) is 16.5 Å².